The number of benzene rings is 3. The van der Waals surface area contributed by atoms with E-state index in [1.807, 2.05) is 0 Å². The molecule has 0 saturated heterocycles. The first-order chi connectivity index (χ1) is 15.4. The summed E-state index contributed by atoms with van der Waals surface area (Å²) < 4.78 is 44.9. The van der Waals surface area contributed by atoms with Crippen LogP contribution in [0.5, 0.6) is 5.75 Å². The molecule has 0 aliphatic rings. The number of ether oxygens (including phenoxy) is 1. The lowest BCUT2D eigenvalue weighted by molar-refractivity contribution is -0.137. The topological polar surface area (TPSA) is 55.4 Å². The van der Waals surface area contributed by atoms with Gasteiger partial charge < -0.3 is 10.1 Å². The summed E-state index contributed by atoms with van der Waals surface area (Å²) in [7, 11) is 0. The number of hydrogen-bond acceptors (Lipinski definition) is 3. The second kappa shape index (κ2) is 9.45. The van der Waals surface area contributed by atoms with Crippen LogP contribution in [0.2, 0.25) is 10.0 Å². The predicted molar refractivity (Wildman–Crippen MR) is 121 cm³/mol. The number of hydrogen-bond donors (Lipinski definition) is 1. The van der Waals surface area contributed by atoms with Crippen molar-refractivity contribution in [1.82, 2.24) is 0 Å². The predicted octanol–water partition coefficient (Wildman–Crippen LogP) is 7.04. The lowest BCUT2D eigenvalue weighted by atomic mass is 10.0. The number of amides is 1. The third kappa shape index (κ3) is 6.06. The van der Waals surface area contributed by atoms with E-state index in [0.29, 0.717) is 21.9 Å². The molecule has 3 rings (SSSR count). The molecule has 0 radical (unpaired) electrons. The summed E-state index contributed by atoms with van der Waals surface area (Å²) in [6.45, 7) is 2.94. The minimum Gasteiger partial charge on any atom is -0.478 e. The van der Waals surface area contributed by atoms with Crippen LogP contribution < -0.4 is 10.1 Å². The number of carbonyl (C=O) groups is 2. The normalized spacial score (nSPS) is 11.7. The highest BCUT2D eigenvalue weighted by Crippen LogP contribution is 2.36. The van der Waals surface area contributed by atoms with Crippen molar-refractivity contribution in [3.05, 3.63) is 93.5 Å². The monoisotopic (exact) mass is 495 g/mol. The van der Waals surface area contributed by atoms with Crippen molar-refractivity contribution >= 4 is 40.6 Å². The zero-order chi connectivity index (χ0) is 24.4. The van der Waals surface area contributed by atoms with Gasteiger partial charge in [0.1, 0.15) is 5.75 Å². The van der Waals surface area contributed by atoms with Crippen LogP contribution in [0, 0.1) is 0 Å². The summed E-state index contributed by atoms with van der Waals surface area (Å²) in [5.41, 5.74) is -1.68. The highest BCUT2D eigenvalue weighted by Gasteiger charge is 2.34. The summed E-state index contributed by atoms with van der Waals surface area (Å²) in [5, 5.41) is 2.46. The Hall–Kier alpha value is -3.03. The maximum atomic E-state index is 13.1. The lowest BCUT2D eigenvalue weighted by Crippen LogP contribution is -2.42. The fourth-order valence-electron chi connectivity index (χ4n) is 2.89. The van der Waals surface area contributed by atoms with E-state index in [0.717, 1.165) is 12.1 Å². The number of nitrogens with one attached hydrogen (secondary N) is 1. The quantitative estimate of drug-likeness (QED) is 0.373. The molecule has 0 aliphatic heterocycles. The first-order valence-corrected chi connectivity index (χ1v) is 10.4. The molecule has 9 heteroatoms. The average molecular weight is 496 g/mol. The van der Waals surface area contributed by atoms with E-state index in [-0.39, 0.29) is 11.5 Å². The smallest absolute Gasteiger partial charge is 0.417 e. The number of rotatable bonds is 6. The van der Waals surface area contributed by atoms with Crippen molar-refractivity contribution in [1.29, 1.82) is 0 Å². The van der Waals surface area contributed by atoms with Gasteiger partial charge in [-0.3, -0.25) is 9.59 Å². The third-order valence-electron chi connectivity index (χ3n) is 4.67. The Bertz CT molecular complexity index is 1180. The summed E-state index contributed by atoms with van der Waals surface area (Å²) in [4.78, 5) is 25.2. The molecule has 3 aromatic rings. The molecule has 0 unspecified atom stereocenters. The van der Waals surface area contributed by atoms with E-state index >= 15 is 0 Å². The van der Waals surface area contributed by atoms with Crippen molar-refractivity contribution in [3.63, 3.8) is 0 Å². The second-order valence-corrected chi connectivity index (χ2v) is 8.46. The fourth-order valence-corrected chi connectivity index (χ4v) is 3.24. The Morgan fingerprint density at radius 1 is 0.848 bits per heavy atom. The first-order valence-electron chi connectivity index (χ1n) is 9.64. The van der Waals surface area contributed by atoms with Gasteiger partial charge in [0.15, 0.2) is 11.4 Å². The Morgan fingerprint density at radius 3 is 1.94 bits per heavy atom. The molecule has 172 valence electrons. The minimum atomic E-state index is -4.66. The number of halogens is 5. The minimum absolute atomic E-state index is 0.0719. The van der Waals surface area contributed by atoms with Crippen LogP contribution in [0.1, 0.15) is 35.3 Å². The molecule has 0 bridgehead atoms. The number of alkyl halides is 3. The molecule has 0 saturated carbocycles. The fraction of sp³-hybridized carbons (Fsp3) is 0.167. The summed E-state index contributed by atoms with van der Waals surface area (Å²) >= 11 is 11.4. The number of ketones is 1. The zero-order valence-corrected chi connectivity index (χ0v) is 19.0. The van der Waals surface area contributed by atoms with Crippen LogP contribution in [0.25, 0.3) is 0 Å². The maximum Gasteiger partial charge on any atom is 0.417 e. The molecule has 3 aromatic carbocycles. The van der Waals surface area contributed by atoms with Gasteiger partial charge in [-0.2, -0.15) is 13.2 Å². The Labute approximate surface area is 198 Å². The van der Waals surface area contributed by atoms with E-state index in [9.17, 15) is 22.8 Å². The van der Waals surface area contributed by atoms with Gasteiger partial charge in [-0.05, 0) is 80.6 Å². The van der Waals surface area contributed by atoms with Crippen molar-refractivity contribution in [2.24, 2.45) is 0 Å². The Kier molecular flexibility index (Phi) is 7.05. The molecule has 0 aliphatic carbocycles. The number of carbonyl (C=O) groups excluding carboxylic acids is 2. The standard InChI is InChI=1S/C24H18Cl2F3NO3/c1-23(2,22(32)30-17-9-12-20(26)19(13-17)24(27,28)29)33-18-10-5-15(6-11-18)21(31)14-3-7-16(25)8-4-14/h3-13H,1-2H3,(H,30,32). The number of anilines is 1. The molecule has 33 heavy (non-hydrogen) atoms. The average Bonchev–Trinajstić information content (AvgIpc) is 2.74. The van der Waals surface area contributed by atoms with Crippen LogP contribution in [-0.2, 0) is 11.0 Å². The van der Waals surface area contributed by atoms with E-state index in [2.05, 4.69) is 5.32 Å². The lowest BCUT2D eigenvalue weighted by Gasteiger charge is -2.25. The molecular formula is C24H18Cl2F3NO3. The van der Waals surface area contributed by atoms with Crippen LogP contribution in [-0.4, -0.2) is 17.3 Å². The molecule has 0 atom stereocenters. The van der Waals surface area contributed by atoms with Crippen molar-refractivity contribution in [3.8, 4) is 5.75 Å². The van der Waals surface area contributed by atoms with Crippen molar-refractivity contribution in [2.75, 3.05) is 5.32 Å². The molecule has 0 spiro atoms. The van der Waals surface area contributed by atoms with Gasteiger partial charge in [-0.15, -0.1) is 0 Å². The van der Waals surface area contributed by atoms with E-state index in [4.69, 9.17) is 27.9 Å². The van der Waals surface area contributed by atoms with Gasteiger partial charge >= 0.3 is 6.18 Å². The second-order valence-electron chi connectivity index (χ2n) is 7.62. The van der Waals surface area contributed by atoms with Crippen molar-refractivity contribution in [2.45, 2.75) is 25.6 Å². The van der Waals surface area contributed by atoms with E-state index in [1.54, 1.807) is 36.4 Å². The maximum absolute atomic E-state index is 13.1. The molecule has 0 aromatic heterocycles. The third-order valence-corrected chi connectivity index (χ3v) is 5.25. The molecule has 0 fully saturated rings. The van der Waals surface area contributed by atoms with Gasteiger partial charge in [0.25, 0.3) is 5.91 Å². The van der Waals surface area contributed by atoms with Gasteiger partial charge in [0, 0.05) is 21.8 Å². The Balaban J connectivity index is 1.70. The molecule has 0 heterocycles. The summed E-state index contributed by atoms with van der Waals surface area (Å²) in [6.07, 6.45) is -4.66. The largest absolute Gasteiger partial charge is 0.478 e. The highest BCUT2D eigenvalue weighted by molar-refractivity contribution is 6.31. The summed E-state index contributed by atoms with van der Waals surface area (Å²) in [6, 6.07) is 15.7. The molecular weight excluding hydrogens is 478 g/mol. The molecule has 4 nitrogen and oxygen atoms in total. The van der Waals surface area contributed by atoms with Gasteiger partial charge in [-0.1, -0.05) is 23.2 Å². The zero-order valence-electron chi connectivity index (χ0n) is 17.5. The molecule has 1 N–H and O–H groups in total. The van der Waals surface area contributed by atoms with Gasteiger partial charge in [0.05, 0.1) is 10.6 Å². The van der Waals surface area contributed by atoms with Crippen LogP contribution in [0.4, 0.5) is 18.9 Å². The van der Waals surface area contributed by atoms with Crippen LogP contribution >= 0.6 is 23.2 Å². The van der Waals surface area contributed by atoms with E-state index < -0.39 is 28.3 Å². The van der Waals surface area contributed by atoms with Gasteiger partial charge in [-0.25, -0.2) is 0 Å². The van der Waals surface area contributed by atoms with Crippen molar-refractivity contribution < 1.29 is 27.5 Å². The SMILES string of the molecule is CC(C)(Oc1ccc(C(=O)c2ccc(Cl)cc2)cc1)C(=O)Nc1ccc(Cl)c(C(F)(F)F)c1. The van der Waals surface area contributed by atoms with Crippen LogP contribution in [0.15, 0.2) is 66.7 Å². The summed E-state index contributed by atoms with van der Waals surface area (Å²) in [5.74, 6) is -0.576. The first kappa shape index (κ1) is 24.6. The van der Waals surface area contributed by atoms with Crippen LogP contribution in [0.3, 0.4) is 0 Å². The van der Waals surface area contributed by atoms with E-state index in [1.165, 1.54) is 32.0 Å². The highest BCUT2D eigenvalue weighted by atomic mass is 35.5. The Morgan fingerprint density at radius 2 is 1.39 bits per heavy atom. The molecule has 1 amide bonds. The van der Waals surface area contributed by atoms with Gasteiger partial charge in [0.2, 0.25) is 0 Å².